The SMILES string of the molecule is CCCNCc1ccnn1Cc1nc(C)cs1. The van der Waals surface area contributed by atoms with Gasteiger partial charge >= 0.3 is 0 Å². The van der Waals surface area contributed by atoms with Crippen LogP contribution in [0, 0.1) is 6.92 Å². The largest absolute Gasteiger partial charge is 0.311 e. The molecule has 0 atom stereocenters. The lowest BCUT2D eigenvalue weighted by Gasteiger charge is -2.06. The van der Waals surface area contributed by atoms with Crippen molar-refractivity contribution in [3.8, 4) is 0 Å². The second-order valence-electron chi connectivity index (χ2n) is 4.04. The number of aromatic nitrogens is 3. The van der Waals surface area contributed by atoms with Gasteiger partial charge in [0.1, 0.15) is 5.01 Å². The van der Waals surface area contributed by atoms with E-state index >= 15 is 0 Å². The third-order valence-electron chi connectivity index (χ3n) is 2.49. The molecule has 0 fully saturated rings. The van der Waals surface area contributed by atoms with Crippen LogP contribution in [0.1, 0.15) is 29.7 Å². The summed E-state index contributed by atoms with van der Waals surface area (Å²) in [5.41, 5.74) is 2.30. The summed E-state index contributed by atoms with van der Waals surface area (Å²) in [6.45, 7) is 6.88. The molecule has 0 amide bonds. The van der Waals surface area contributed by atoms with Crippen LogP contribution in [0.3, 0.4) is 0 Å². The fourth-order valence-corrected chi connectivity index (χ4v) is 2.40. The van der Waals surface area contributed by atoms with Crippen LogP contribution in [0.2, 0.25) is 0 Å². The summed E-state index contributed by atoms with van der Waals surface area (Å²) in [6.07, 6.45) is 3.00. The normalized spacial score (nSPS) is 10.9. The van der Waals surface area contributed by atoms with Gasteiger partial charge in [0.2, 0.25) is 0 Å². The summed E-state index contributed by atoms with van der Waals surface area (Å²) in [5, 5.41) is 10.9. The lowest BCUT2D eigenvalue weighted by Crippen LogP contribution is -2.17. The molecule has 0 bridgehead atoms. The second kappa shape index (κ2) is 5.93. The molecule has 1 N–H and O–H groups in total. The summed E-state index contributed by atoms with van der Waals surface area (Å²) >= 11 is 1.69. The summed E-state index contributed by atoms with van der Waals surface area (Å²) < 4.78 is 2.01. The maximum Gasteiger partial charge on any atom is 0.114 e. The predicted molar refractivity (Wildman–Crippen MR) is 70.2 cm³/mol. The van der Waals surface area contributed by atoms with Gasteiger partial charge in [-0.15, -0.1) is 11.3 Å². The van der Waals surface area contributed by atoms with Crippen molar-refractivity contribution in [3.05, 3.63) is 34.0 Å². The van der Waals surface area contributed by atoms with Crippen LogP contribution in [-0.4, -0.2) is 21.3 Å². The van der Waals surface area contributed by atoms with E-state index in [2.05, 4.69) is 33.8 Å². The van der Waals surface area contributed by atoms with E-state index in [-0.39, 0.29) is 0 Å². The van der Waals surface area contributed by atoms with Gasteiger partial charge in [-0.2, -0.15) is 5.10 Å². The van der Waals surface area contributed by atoms with Gasteiger partial charge < -0.3 is 5.32 Å². The molecule has 0 radical (unpaired) electrons. The third-order valence-corrected chi connectivity index (χ3v) is 3.44. The van der Waals surface area contributed by atoms with E-state index in [1.54, 1.807) is 11.3 Å². The number of nitrogens with one attached hydrogen (secondary N) is 1. The van der Waals surface area contributed by atoms with Gasteiger partial charge in [-0.05, 0) is 26.0 Å². The first kappa shape index (κ1) is 12.3. The highest BCUT2D eigenvalue weighted by atomic mass is 32.1. The summed E-state index contributed by atoms with van der Waals surface area (Å²) in [4.78, 5) is 4.46. The minimum atomic E-state index is 0.772. The second-order valence-corrected chi connectivity index (χ2v) is 4.98. The van der Waals surface area contributed by atoms with E-state index < -0.39 is 0 Å². The van der Waals surface area contributed by atoms with Crippen LogP contribution in [-0.2, 0) is 13.1 Å². The molecule has 2 rings (SSSR count). The van der Waals surface area contributed by atoms with Crippen LogP contribution in [0.15, 0.2) is 17.6 Å². The van der Waals surface area contributed by atoms with E-state index in [0.29, 0.717) is 0 Å². The molecule has 2 aromatic heterocycles. The number of hydrogen-bond acceptors (Lipinski definition) is 4. The minimum Gasteiger partial charge on any atom is -0.311 e. The Morgan fingerprint density at radius 3 is 3.06 bits per heavy atom. The Morgan fingerprint density at radius 1 is 1.47 bits per heavy atom. The quantitative estimate of drug-likeness (QED) is 0.799. The number of rotatable bonds is 6. The fourth-order valence-electron chi connectivity index (χ4n) is 1.65. The molecule has 0 unspecified atom stereocenters. The molecule has 0 saturated heterocycles. The number of nitrogens with zero attached hydrogens (tertiary/aromatic N) is 3. The molecule has 2 heterocycles. The Morgan fingerprint density at radius 2 is 2.35 bits per heavy atom. The fraction of sp³-hybridized carbons (Fsp3) is 0.500. The van der Waals surface area contributed by atoms with Crippen molar-refractivity contribution in [2.24, 2.45) is 0 Å². The van der Waals surface area contributed by atoms with Crippen molar-refractivity contribution in [3.63, 3.8) is 0 Å². The van der Waals surface area contributed by atoms with Crippen LogP contribution in [0.4, 0.5) is 0 Å². The Bertz CT molecular complexity index is 461. The van der Waals surface area contributed by atoms with Crippen LogP contribution in [0.5, 0.6) is 0 Å². The highest BCUT2D eigenvalue weighted by molar-refractivity contribution is 7.09. The van der Waals surface area contributed by atoms with E-state index in [1.165, 1.54) is 5.69 Å². The van der Waals surface area contributed by atoms with Crippen molar-refractivity contribution < 1.29 is 0 Å². The zero-order valence-corrected chi connectivity index (χ0v) is 11.1. The molecule has 0 aliphatic rings. The molecule has 0 saturated carbocycles. The van der Waals surface area contributed by atoms with Gasteiger partial charge in [0.25, 0.3) is 0 Å². The van der Waals surface area contributed by atoms with Crippen LogP contribution in [0.25, 0.3) is 0 Å². The van der Waals surface area contributed by atoms with Crippen molar-refractivity contribution in [2.75, 3.05) is 6.54 Å². The van der Waals surface area contributed by atoms with Crippen LogP contribution < -0.4 is 5.32 Å². The molecule has 92 valence electrons. The first-order chi connectivity index (χ1) is 8.29. The zero-order chi connectivity index (χ0) is 12.1. The van der Waals surface area contributed by atoms with Crippen molar-refractivity contribution in [2.45, 2.75) is 33.4 Å². The zero-order valence-electron chi connectivity index (χ0n) is 10.3. The van der Waals surface area contributed by atoms with Gasteiger partial charge in [-0.1, -0.05) is 6.92 Å². The maximum absolute atomic E-state index is 4.46. The summed E-state index contributed by atoms with van der Waals surface area (Å²) in [7, 11) is 0. The molecular weight excluding hydrogens is 232 g/mol. The molecule has 0 aromatic carbocycles. The highest BCUT2D eigenvalue weighted by Gasteiger charge is 2.05. The van der Waals surface area contributed by atoms with Gasteiger partial charge in [-0.3, -0.25) is 4.68 Å². The molecule has 4 nitrogen and oxygen atoms in total. The molecular formula is C12H18N4S. The first-order valence-corrected chi connectivity index (χ1v) is 6.80. The average Bonchev–Trinajstić information content (AvgIpc) is 2.90. The van der Waals surface area contributed by atoms with Crippen LogP contribution >= 0.6 is 11.3 Å². The Balaban J connectivity index is 1.98. The van der Waals surface area contributed by atoms with E-state index in [1.807, 2.05) is 17.8 Å². The Hall–Kier alpha value is -1.20. The number of hydrogen-bond donors (Lipinski definition) is 1. The summed E-state index contributed by atoms with van der Waals surface area (Å²) in [5.74, 6) is 0. The summed E-state index contributed by atoms with van der Waals surface area (Å²) in [6, 6.07) is 2.06. The standard InChI is InChI=1S/C12H18N4S/c1-3-5-13-7-11-4-6-14-16(11)8-12-15-10(2)9-17-12/h4,6,9,13H,3,5,7-8H2,1-2H3. The molecule has 5 heteroatoms. The lowest BCUT2D eigenvalue weighted by atomic mass is 10.4. The van der Waals surface area contributed by atoms with Crippen molar-refractivity contribution in [1.29, 1.82) is 0 Å². The smallest absolute Gasteiger partial charge is 0.114 e. The topological polar surface area (TPSA) is 42.7 Å². The van der Waals surface area contributed by atoms with Gasteiger partial charge in [-0.25, -0.2) is 4.98 Å². The molecule has 0 aliphatic carbocycles. The molecule has 2 aromatic rings. The third kappa shape index (κ3) is 3.38. The lowest BCUT2D eigenvalue weighted by molar-refractivity contribution is 0.591. The average molecular weight is 250 g/mol. The molecule has 17 heavy (non-hydrogen) atoms. The van der Waals surface area contributed by atoms with Crippen molar-refractivity contribution in [1.82, 2.24) is 20.1 Å². The van der Waals surface area contributed by atoms with Crippen molar-refractivity contribution >= 4 is 11.3 Å². The molecule has 0 aliphatic heterocycles. The number of aryl methyl sites for hydroxylation is 1. The number of thiazole rings is 1. The predicted octanol–water partition coefficient (Wildman–Crippen LogP) is 2.20. The highest BCUT2D eigenvalue weighted by Crippen LogP contribution is 2.11. The van der Waals surface area contributed by atoms with E-state index in [9.17, 15) is 0 Å². The first-order valence-electron chi connectivity index (χ1n) is 5.92. The van der Waals surface area contributed by atoms with Gasteiger partial charge in [0.15, 0.2) is 0 Å². The minimum absolute atomic E-state index is 0.772. The monoisotopic (exact) mass is 250 g/mol. The Labute approximate surface area is 106 Å². The molecule has 0 spiro atoms. The van der Waals surface area contributed by atoms with E-state index in [0.717, 1.165) is 36.8 Å². The van der Waals surface area contributed by atoms with E-state index in [4.69, 9.17) is 0 Å². The van der Waals surface area contributed by atoms with Gasteiger partial charge in [0.05, 0.1) is 12.2 Å². The maximum atomic E-state index is 4.46. The Kier molecular flexibility index (Phi) is 4.28. The van der Waals surface area contributed by atoms with Gasteiger partial charge in [0, 0.05) is 23.8 Å².